The Bertz CT molecular complexity index is 717. The van der Waals surface area contributed by atoms with E-state index >= 15 is 0 Å². The van der Waals surface area contributed by atoms with E-state index in [2.05, 4.69) is 46.6 Å². The Balaban J connectivity index is 1.39. The lowest BCUT2D eigenvalue weighted by Crippen LogP contribution is -2.33. The highest BCUT2D eigenvalue weighted by atomic mass is 16.5. The number of hydrogen-bond donors (Lipinski definition) is 2. The molecule has 1 unspecified atom stereocenters. The molecule has 1 saturated heterocycles. The SMILES string of the molecule is COc1cc(CNCCCc2ccccc2)ccc1OCC(O)CN1CCCC1. The number of aryl methyl sites for hydroxylation is 1. The molecule has 158 valence electrons. The summed E-state index contributed by atoms with van der Waals surface area (Å²) >= 11 is 0. The number of nitrogens with zero attached hydrogens (tertiary/aromatic N) is 1. The van der Waals surface area contributed by atoms with Gasteiger partial charge in [-0.1, -0.05) is 36.4 Å². The van der Waals surface area contributed by atoms with Crippen LogP contribution in [0.4, 0.5) is 0 Å². The smallest absolute Gasteiger partial charge is 0.161 e. The molecule has 2 N–H and O–H groups in total. The molecular weight excluding hydrogens is 364 g/mol. The molecule has 1 atom stereocenters. The van der Waals surface area contributed by atoms with E-state index in [0.29, 0.717) is 18.0 Å². The van der Waals surface area contributed by atoms with E-state index in [1.807, 2.05) is 12.1 Å². The van der Waals surface area contributed by atoms with Crippen LogP contribution in [0.5, 0.6) is 11.5 Å². The van der Waals surface area contributed by atoms with Gasteiger partial charge in [-0.05, 0) is 68.6 Å². The van der Waals surface area contributed by atoms with Crippen molar-refractivity contribution in [3.63, 3.8) is 0 Å². The minimum absolute atomic E-state index is 0.282. The van der Waals surface area contributed by atoms with Gasteiger partial charge in [-0.25, -0.2) is 0 Å². The van der Waals surface area contributed by atoms with Gasteiger partial charge in [0.1, 0.15) is 12.7 Å². The molecule has 0 radical (unpaired) electrons. The molecule has 1 heterocycles. The molecule has 5 nitrogen and oxygen atoms in total. The third kappa shape index (κ3) is 7.35. The van der Waals surface area contributed by atoms with E-state index < -0.39 is 6.10 Å². The Hall–Kier alpha value is -2.08. The number of methoxy groups -OCH3 is 1. The van der Waals surface area contributed by atoms with Gasteiger partial charge in [-0.3, -0.25) is 0 Å². The van der Waals surface area contributed by atoms with Crippen LogP contribution in [-0.2, 0) is 13.0 Å². The van der Waals surface area contributed by atoms with Crippen molar-refractivity contribution in [1.29, 1.82) is 0 Å². The van der Waals surface area contributed by atoms with Crippen LogP contribution in [0.2, 0.25) is 0 Å². The monoisotopic (exact) mass is 398 g/mol. The molecule has 1 aliphatic heterocycles. The van der Waals surface area contributed by atoms with Crippen LogP contribution in [0.1, 0.15) is 30.4 Å². The van der Waals surface area contributed by atoms with Gasteiger partial charge in [0.15, 0.2) is 11.5 Å². The van der Waals surface area contributed by atoms with Crippen LogP contribution in [0.15, 0.2) is 48.5 Å². The van der Waals surface area contributed by atoms with Crippen molar-refractivity contribution < 1.29 is 14.6 Å². The van der Waals surface area contributed by atoms with Crippen molar-refractivity contribution in [3.8, 4) is 11.5 Å². The highest BCUT2D eigenvalue weighted by Crippen LogP contribution is 2.28. The summed E-state index contributed by atoms with van der Waals surface area (Å²) in [6.07, 6.45) is 4.16. The standard InChI is InChI=1S/C24H34N2O3/c1-28-24-16-21(17-25-13-7-10-20-8-3-2-4-9-20)11-12-23(24)29-19-22(27)18-26-14-5-6-15-26/h2-4,8-9,11-12,16,22,25,27H,5-7,10,13-15,17-19H2,1H3. The first-order valence-electron chi connectivity index (χ1n) is 10.7. The lowest BCUT2D eigenvalue weighted by atomic mass is 10.1. The number of β-amino-alcohol motifs (C(OH)–C–C–N with tert-alkyl or cyclic N) is 1. The Morgan fingerprint density at radius 3 is 2.59 bits per heavy atom. The Morgan fingerprint density at radius 2 is 1.83 bits per heavy atom. The van der Waals surface area contributed by atoms with Gasteiger partial charge in [0.05, 0.1) is 7.11 Å². The van der Waals surface area contributed by atoms with Crippen molar-refractivity contribution >= 4 is 0 Å². The minimum Gasteiger partial charge on any atom is -0.493 e. The maximum absolute atomic E-state index is 10.2. The molecule has 0 bridgehead atoms. The van der Waals surface area contributed by atoms with E-state index in [4.69, 9.17) is 9.47 Å². The van der Waals surface area contributed by atoms with Crippen LogP contribution in [0, 0.1) is 0 Å². The summed E-state index contributed by atoms with van der Waals surface area (Å²) in [5.41, 5.74) is 2.54. The van der Waals surface area contributed by atoms with Gasteiger partial charge in [0.2, 0.25) is 0 Å². The quantitative estimate of drug-likeness (QED) is 0.538. The minimum atomic E-state index is -0.483. The Morgan fingerprint density at radius 1 is 1.03 bits per heavy atom. The van der Waals surface area contributed by atoms with Crippen LogP contribution in [0.3, 0.4) is 0 Å². The molecule has 0 saturated carbocycles. The Labute approximate surface area is 174 Å². The molecule has 0 aliphatic carbocycles. The number of nitrogens with one attached hydrogen (secondary N) is 1. The summed E-state index contributed by atoms with van der Waals surface area (Å²) in [4.78, 5) is 2.29. The fourth-order valence-corrected chi connectivity index (χ4v) is 3.74. The predicted molar refractivity (Wildman–Crippen MR) is 117 cm³/mol. The van der Waals surface area contributed by atoms with Crippen LogP contribution in [-0.4, -0.2) is 56.0 Å². The lowest BCUT2D eigenvalue weighted by molar-refractivity contribution is 0.0747. The summed E-state index contributed by atoms with van der Waals surface area (Å²) in [5, 5.41) is 13.7. The normalized spacial score (nSPS) is 15.4. The highest BCUT2D eigenvalue weighted by Gasteiger charge is 2.17. The van der Waals surface area contributed by atoms with Gasteiger partial charge < -0.3 is 24.8 Å². The molecule has 2 aromatic carbocycles. The molecule has 3 rings (SSSR count). The molecule has 2 aromatic rings. The third-order valence-electron chi connectivity index (χ3n) is 5.32. The first-order chi connectivity index (χ1) is 14.2. The number of likely N-dealkylation sites (tertiary alicyclic amines) is 1. The number of ether oxygens (including phenoxy) is 2. The zero-order valence-corrected chi connectivity index (χ0v) is 17.5. The molecule has 0 amide bonds. The Kier molecular flexibility index (Phi) is 8.81. The number of benzene rings is 2. The third-order valence-corrected chi connectivity index (χ3v) is 5.32. The number of hydrogen-bond acceptors (Lipinski definition) is 5. The largest absolute Gasteiger partial charge is 0.493 e. The summed E-state index contributed by atoms with van der Waals surface area (Å²) in [6.45, 7) is 4.87. The number of rotatable bonds is 12. The average Bonchev–Trinajstić information content (AvgIpc) is 3.26. The van der Waals surface area contributed by atoms with Gasteiger partial charge in [-0.2, -0.15) is 0 Å². The topological polar surface area (TPSA) is 54.0 Å². The van der Waals surface area contributed by atoms with Gasteiger partial charge in [-0.15, -0.1) is 0 Å². The van der Waals surface area contributed by atoms with E-state index in [1.54, 1.807) is 7.11 Å². The molecule has 1 aliphatic rings. The molecule has 0 aromatic heterocycles. The first-order valence-corrected chi connectivity index (χ1v) is 10.7. The van der Waals surface area contributed by atoms with Gasteiger partial charge in [0, 0.05) is 13.1 Å². The second-order valence-electron chi connectivity index (χ2n) is 7.72. The van der Waals surface area contributed by atoms with Crippen LogP contribution < -0.4 is 14.8 Å². The first kappa shape index (κ1) is 21.6. The summed E-state index contributed by atoms with van der Waals surface area (Å²) in [5.74, 6) is 1.39. The van der Waals surface area contributed by atoms with Crippen molar-refractivity contribution in [2.24, 2.45) is 0 Å². The maximum Gasteiger partial charge on any atom is 0.161 e. The summed E-state index contributed by atoms with van der Waals surface area (Å²) < 4.78 is 11.3. The van der Waals surface area contributed by atoms with E-state index in [9.17, 15) is 5.11 Å². The summed E-state index contributed by atoms with van der Waals surface area (Å²) in [7, 11) is 1.65. The van der Waals surface area contributed by atoms with E-state index in [0.717, 1.165) is 44.6 Å². The molecule has 29 heavy (non-hydrogen) atoms. The van der Waals surface area contributed by atoms with Crippen molar-refractivity contribution in [2.45, 2.75) is 38.3 Å². The zero-order chi connectivity index (χ0) is 20.3. The fourth-order valence-electron chi connectivity index (χ4n) is 3.74. The van der Waals surface area contributed by atoms with Crippen molar-refractivity contribution in [3.05, 3.63) is 59.7 Å². The lowest BCUT2D eigenvalue weighted by Gasteiger charge is -2.20. The predicted octanol–water partition coefficient (Wildman–Crippen LogP) is 3.25. The second kappa shape index (κ2) is 11.8. The average molecular weight is 399 g/mol. The molecule has 1 fully saturated rings. The van der Waals surface area contributed by atoms with Crippen LogP contribution >= 0.6 is 0 Å². The molecule has 0 spiro atoms. The van der Waals surface area contributed by atoms with Crippen molar-refractivity contribution in [1.82, 2.24) is 10.2 Å². The zero-order valence-electron chi connectivity index (χ0n) is 17.5. The van der Waals surface area contributed by atoms with Gasteiger partial charge >= 0.3 is 0 Å². The number of aliphatic hydroxyl groups excluding tert-OH is 1. The summed E-state index contributed by atoms with van der Waals surface area (Å²) in [6, 6.07) is 16.6. The highest BCUT2D eigenvalue weighted by molar-refractivity contribution is 5.43. The van der Waals surface area contributed by atoms with Crippen LogP contribution in [0.25, 0.3) is 0 Å². The molecule has 5 heteroatoms. The van der Waals surface area contributed by atoms with E-state index in [1.165, 1.54) is 18.4 Å². The van der Waals surface area contributed by atoms with E-state index in [-0.39, 0.29) is 6.61 Å². The number of aliphatic hydroxyl groups is 1. The maximum atomic E-state index is 10.2. The molecular formula is C24H34N2O3. The fraction of sp³-hybridized carbons (Fsp3) is 0.500. The van der Waals surface area contributed by atoms with Gasteiger partial charge in [0.25, 0.3) is 0 Å². The second-order valence-corrected chi connectivity index (χ2v) is 7.72. The van der Waals surface area contributed by atoms with Crippen molar-refractivity contribution in [2.75, 3.05) is 39.9 Å².